The van der Waals surface area contributed by atoms with Crippen molar-refractivity contribution in [2.24, 2.45) is 11.7 Å². The number of nitrogens with two attached hydrogens (primary N) is 1. The average Bonchev–Trinajstić information content (AvgIpc) is 1.82. The second kappa shape index (κ2) is 4.15. The summed E-state index contributed by atoms with van der Waals surface area (Å²) in [5, 5.41) is 0. The first-order valence-electron chi connectivity index (χ1n) is 3.62. The lowest BCUT2D eigenvalue weighted by molar-refractivity contribution is 0.607. The van der Waals surface area contributed by atoms with E-state index in [1.165, 1.54) is 5.57 Å². The summed E-state index contributed by atoms with van der Waals surface area (Å²) in [5.41, 5.74) is 7.49. The smallest absolute Gasteiger partial charge is 0.00363 e. The molecular formula is C9H17N. The van der Waals surface area contributed by atoms with Crippen LogP contribution in [0.25, 0.3) is 0 Å². The Labute approximate surface area is 63.6 Å². The Balaban J connectivity index is 3.49. The molecule has 0 aromatic rings. The van der Waals surface area contributed by atoms with Crippen molar-refractivity contribution in [3.05, 3.63) is 24.4 Å². The van der Waals surface area contributed by atoms with Crippen LogP contribution in [0, 0.1) is 5.92 Å². The van der Waals surface area contributed by atoms with Crippen LogP contribution in [0.2, 0.25) is 0 Å². The van der Waals surface area contributed by atoms with Gasteiger partial charge in [-0.1, -0.05) is 19.1 Å². The van der Waals surface area contributed by atoms with Crippen LogP contribution in [0.3, 0.4) is 0 Å². The molecule has 0 bridgehead atoms. The van der Waals surface area contributed by atoms with Crippen LogP contribution in [-0.4, -0.2) is 0 Å². The monoisotopic (exact) mass is 139 g/mol. The molecule has 2 N–H and O–H groups in total. The standard InChI is InChI=1S/C9H17N/c1-7(2)5-6-8(3)9(4)10/h8H,1,4-6,10H2,2-3H3/t8-/m0/s1. The highest BCUT2D eigenvalue weighted by molar-refractivity contribution is 4.95. The summed E-state index contributed by atoms with van der Waals surface area (Å²) in [6, 6.07) is 0. The van der Waals surface area contributed by atoms with Gasteiger partial charge in [0.1, 0.15) is 0 Å². The Morgan fingerprint density at radius 2 is 2.00 bits per heavy atom. The summed E-state index contributed by atoms with van der Waals surface area (Å²) >= 11 is 0. The van der Waals surface area contributed by atoms with E-state index in [0.717, 1.165) is 18.5 Å². The maximum Gasteiger partial charge on any atom is 0.00363 e. The molecule has 0 saturated heterocycles. The molecule has 1 heteroatoms. The molecular weight excluding hydrogens is 122 g/mol. The third-order valence-corrected chi connectivity index (χ3v) is 1.64. The third kappa shape index (κ3) is 4.19. The lowest BCUT2D eigenvalue weighted by atomic mass is 10.0. The van der Waals surface area contributed by atoms with Crippen LogP contribution in [0.1, 0.15) is 26.7 Å². The van der Waals surface area contributed by atoms with Gasteiger partial charge in [0.2, 0.25) is 0 Å². The van der Waals surface area contributed by atoms with Gasteiger partial charge in [-0.05, 0) is 25.7 Å². The van der Waals surface area contributed by atoms with Gasteiger partial charge in [0.15, 0.2) is 0 Å². The molecule has 1 nitrogen and oxygen atoms in total. The minimum Gasteiger partial charge on any atom is -0.402 e. The molecule has 0 aliphatic carbocycles. The van der Waals surface area contributed by atoms with Crippen LogP contribution in [0.15, 0.2) is 24.4 Å². The highest BCUT2D eigenvalue weighted by Crippen LogP contribution is 2.13. The predicted octanol–water partition coefficient (Wildman–Crippen LogP) is 2.45. The first-order valence-corrected chi connectivity index (χ1v) is 3.62. The van der Waals surface area contributed by atoms with E-state index in [0.29, 0.717) is 5.92 Å². The molecule has 0 aliphatic heterocycles. The van der Waals surface area contributed by atoms with E-state index in [9.17, 15) is 0 Å². The minimum absolute atomic E-state index is 0.427. The molecule has 0 fully saturated rings. The number of allylic oxidation sites excluding steroid dienone is 2. The van der Waals surface area contributed by atoms with Gasteiger partial charge >= 0.3 is 0 Å². The Morgan fingerprint density at radius 1 is 1.50 bits per heavy atom. The molecule has 0 heterocycles. The largest absolute Gasteiger partial charge is 0.402 e. The topological polar surface area (TPSA) is 26.0 Å². The SMILES string of the molecule is C=C(C)CC[C@H](C)C(=C)N. The van der Waals surface area contributed by atoms with Crippen LogP contribution < -0.4 is 5.73 Å². The molecule has 10 heavy (non-hydrogen) atoms. The van der Waals surface area contributed by atoms with Crippen LogP contribution in [0.4, 0.5) is 0 Å². The first kappa shape index (κ1) is 9.28. The molecule has 0 saturated carbocycles. The van der Waals surface area contributed by atoms with Crippen molar-refractivity contribution in [2.75, 3.05) is 0 Å². The molecule has 0 rings (SSSR count). The molecule has 58 valence electrons. The molecule has 0 unspecified atom stereocenters. The van der Waals surface area contributed by atoms with Gasteiger partial charge in [0.25, 0.3) is 0 Å². The zero-order valence-electron chi connectivity index (χ0n) is 6.98. The van der Waals surface area contributed by atoms with Crippen LogP contribution in [-0.2, 0) is 0 Å². The second-order valence-corrected chi connectivity index (χ2v) is 2.97. The Morgan fingerprint density at radius 3 is 2.30 bits per heavy atom. The summed E-state index contributed by atoms with van der Waals surface area (Å²) in [7, 11) is 0. The van der Waals surface area contributed by atoms with Crippen molar-refractivity contribution in [2.45, 2.75) is 26.7 Å². The van der Waals surface area contributed by atoms with E-state index >= 15 is 0 Å². The van der Waals surface area contributed by atoms with Crippen molar-refractivity contribution < 1.29 is 0 Å². The van der Waals surface area contributed by atoms with E-state index in [2.05, 4.69) is 20.1 Å². The number of hydrogen-bond donors (Lipinski definition) is 1. The molecule has 0 spiro atoms. The molecule has 0 aliphatic rings. The lowest BCUT2D eigenvalue weighted by Gasteiger charge is -2.09. The zero-order chi connectivity index (χ0) is 8.15. The average molecular weight is 139 g/mol. The minimum atomic E-state index is 0.427. The summed E-state index contributed by atoms with van der Waals surface area (Å²) in [6.45, 7) is 11.6. The van der Waals surface area contributed by atoms with E-state index in [1.807, 2.05) is 6.92 Å². The van der Waals surface area contributed by atoms with E-state index < -0.39 is 0 Å². The van der Waals surface area contributed by atoms with Gasteiger partial charge in [-0.2, -0.15) is 0 Å². The van der Waals surface area contributed by atoms with Crippen LogP contribution in [0.5, 0.6) is 0 Å². The van der Waals surface area contributed by atoms with E-state index in [4.69, 9.17) is 5.73 Å². The van der Waals surface area contributed by atoms with Gasteiger partial charge in [-0.15, -0.1) is 6.58 Å². The first-order chi connectivity index (χ1) is 4.54. The van der Waals surface area contributed by atoms with Gasteiger partial charge < -0.3 is 5.73 Å². The van der Waals surface area contributed by atoms with Gasteiger partial charge in [-0.25, -0.2) is 0 Å². The lowest BCUT2D eigenvalue weighted by Crippen LogP contribution is -2.06. The second-order valence-electron chi connectivity index (χ2n) is 2.97. The fourth-order valence-corrected chi connectivity index (χ4v) is 0.648. The summed E-state index contributed by atoms with van der Waals surface area (Å²) in [4.78, 5) is 0. The molecule has 1 atom stereocenters. The summed E-state index contributed by atoms with van der Waals surface area (Å²) in [5.74, 6) is 0.427. The van der Waals surface area contributed by atoms with E-state index in [1.54, 1.807) is 0 Å². The van der Waals surface area contributed by atoms with Gasteiger partial charge in [-0.3, -0.25) is 0 Å². The van der Waals surface area contributed by atoms with Gasteiger partial charge in [0.05, 0.1) is 0 Å². The Kier molecular flexibility index (Phi) is 3.85. The van der Waals surface area contributed by atoms with Crippen molar-refractivity contribution in [3.63, 3.8) is 0 Å². The maximum atomic E-state index is 5.50. The maximum absolute atomic E-state index is 5.50. The highest BCUT2D eigenvalue weighted by Gasteiger charge is 2.01. The number of hydrogen-bond acceptors (Lipinski definition) is 1. The predicted molar refractivity (Wildman–Crippen MR) is 46.5 cm³/mol. The van der Waals surface area contributed by atoms with Crippen molar-refractivity contribution >= 4 is 0 Å². The van der Waals surface area contributed by atoms with Crippen molar-refractivity contribution in [3.8, 4) is 0 Å². The van der Waals surface area contributed by atoms with Crippen LogP contribution >= 0.6 is 0 Å². The normalized spacial score (nSPS) is 12.6. The van der Waals surface area contributed by atoms with Crippen molar-refractivity contribution in [1.82, 2.24) is 0 Å². The Bertz CT molecular complexity index is 136. The molecule has 0 aromatic carbocycles. The summed E-state index contributed by atoms with van der Waals surface area (Å²) in [6.07, 6.45) is 2.13. The molecule has 0 radical (unpaired) electrons. The fraction of sp³-hybridized carbons (Fsp3) is 0.556. The molecule has 0 amide bonds. The van der Waals surface area contributed by atoms with E-state index in [-0.39, 0.29) is 0 Å². The summed E-state index contributed by atoms with van der Waals surface area (Å²) < 4.78 is 0. The third-order valence-electron chi connectivity index (χ3n) is 1.64. The fourth-order valence-electron chi connectivity index (χ4n) is 0.648. The zero-order valence-corrected chi connectivity index (χ0v) is 6.98. The highest BCUT2D eigenvalue weighted by atomic mass is 14.6. The van der Waals surface area contributed by atoms with Crippen molar-refractivity contribution in [1.29, 1.82) is 0 Å². The Hall–Kier alpha value is -0.720. The molecule has 0 aromatic heterocycles. The van der Waals surface area contributed by atoms with Gasteiger partial charge in [0, 0.05) is 5.70 Å². The number of rotatable bonds is 4. The quantitative estimate of drug-likeness (QED) is 0.595.